The number of ether oxygens (including phenoxy) is 1. The topological polar surface area (TPSA) is 79.5 Å². The van der Waals surface area contributed by atoms with E-state index >= 15 is 0 Å². The molecule has 170 valence electrons. The van der Waals surface area contributed by atoms with Crippen LogP contribution in [0.25, 0.3) is 0 Å². The van der Waals surface area contributed by atoms with Crippen LogP contribution in [0.5, 0.6) is 0 Å². The Morgan fingerprint density at radius 2 is 1.94 bits per heavy atom. The molecule has 2 fully saturated rings. The molecule has 1 aliphatic heterocycles. The molecule has 6 nitrogen and oxygen atoms in total. The van der Waals surface area contributed by atoms with Crippen molar-refractivity contribution < 1.29 is 14.3 Å². The Morgan fingerprint density at radius 3 is 2.66 bits per heavy atom. The summed E-state index contributed by atoms with van der Waals surface area (Å²) in [7, 11) is 0. The van der Waals surface area contributed by atoms with E-state index in [0.717, 1.165) is 30.5 Å². The van der Waals surface area contributed by atoms with E-state index < -0.39 is 5.60 Å². The van der Waals surface area contributed by atoms with Crippen molar-refractivity contribution in [2.75, 3.05) is 26.2 Å². The van der Waals surface area contributed by atoms with Gasteiger partial charge in [-0.2, -0.15) is 0 Å². The highest BCUT2D eigenvalue weighted by Crippen LogP contribution is 2.26. The van der Waals surface area contributed by atoms with Crippen LogP contribution in [0.4, 0.5) is 0 Å². The lowest BCUT2D eigenvalue weighted by Crippen LogP contribution is -2.57. The summed E-state index contributed by atoms with van der Waals surface area (Å²) in [6.45, 7) is 2.31. The Kier molecular flexibility index (Phi) is 7.36. The van der Waals surface area contributed by atoms with E-state index in [2.05, 4.69) is 16.0 Å². The first kappa shape index (κ1) is 23.1. The molecule has 1 atom stereocenters. The molecule has 2 amide bonds. The van der Waals surface area contributed by atoms with Gasteiger partial charge in [0.15, 0.2) is 0 Å². The normalized spacial score (nSPS) is 20.6. The van der Waals surface area contributed by atoms with Crippen LogP contribution in [0.1, 0.15) is 34.3 Å². The maximum Gasteiger partial charge on any atom is 0.251 e. The third-order valence-corrected chi connectivity index (χ3v) is 6.46. The van der Waals surface area contributed by atoms with Crippen molar-refractivity contribution in [2.24, 2.45) is 0 Å². The largest absolute Gasteiger partial charge is 0.370 e. The van der Waals surface area contributed by atoms with Gasteiger partial charge in [0.1, 0.15) is 5.60 Å². The quantitative estimate of drug-likeness (QED) is 0.547. The summed E-state index contributed by atoms with van der Waals surface area (Å²) in [5.41, 5.74) is 1.80. The standard InChI is InChI=1S/C24H27Cl2N3O3/c25-20-7-4-17(11-21(20)26)13-24(14-27-8-9-32-24)15-28-22(30)12-16-2-1-3-18(10-16)23(31)29-19-5-6-19/h1-4,7,10-11,19,27H,5-6,8-9,12-15H2,(H,28,30)(H,29,31). The minimum Gasteiger partial charge on any atom is -0.370 e. The number of nitrogens with one attached hydrogen (secondary N) is 3. The van der Waals surface area contributed by atoms with Gasteiger partial charge < -0.3 is 20.7 Å². The van der Waals surface area contributed by atoms with E-state index in [0.29, 0.717) is 47.8 Å². The van der Waals surface area contributed by atoms with Crippen molar-refractivity contribution in [3.63, 3.8) is 0 Å². The van der Waals surface area contributed by atoms with Gasteiger partial charge in [0.25, 0.3) is 5.91 Å². The van der Waals surface area contributed by atoms with Crippen molar-refractivity contribution in [3.05, 3.63) is 69.2 Å². The average molecular weight is 476 g/mol. The first-order chi connectivity index (χ1) is 15.4. The average Bonchev–Trinajstić information content (AvgIpc) is 3.60. The summed E-state index contributed by atoms with van der Waals surface area (Å²) in [4.78, 5) is 25.0. The molecule has 32 heavy (non-hydrogen) atoms. The minimum atomic E-state index is -0.572. The highest BCUT2D eigenvalue weighted by Gasteiger charge is 2.34. The number of morpholine rings is 1. The van der Waals surface area contributed by atoms with E-state index in [1.807, 2.05) is 24.3 Å². The molecule has 2 aromatic rings. The molecule has 0 bridgehead atoms. The zero-order chi connectivity index (χ0) is 22.6. The predicted octanol–water partition coefficient (Wildman–Crippen LogP) is 3.15. The van der Waals surface area contributed by atoms with Crippen LogP contribution in [0, 0.1) is 0 Å². The predicted molar refractivity (Wildman–Crippen MR) is 125 cm³/mol. The first-order valence-electron chi connectivity index (χ1n) is 10.9. The Bertz CT molecular complexity index is 988. The van der Waals surface area contributed by atoms with Crippen LogP contribution in [0.2, 0.25) is 10.0 Å². The van der Waals surface area contributed by atoms with Crippen LogP contribution in [-0.2, 0) is 22.4 Å². The third-order valence-electron chi connectivity index (χ3n) is 5.72. The van der Waals surface area contributed by atoms with Crippen LogP contribution >= 0.6 is 23.2 Å². The number of hydrogen-bond donors (Lipinski definition) is 3. The monoisotopic (exact) mass is 475 g/mol. The summed E-state index contributed by atoms with van der Waals surface area (Å²) in [6, 6.07) is 13.0. The molecular weight excluding hydrogens is 449 g/mol. The Labute approximate surface area is 198 Å². The summed E-state index contributed by atoms with van der Waals surface area (Å²) in [5.74, 6) is -0.204. The summed E-state index contributed by atoms with van der Waals surface area (Å²) in [5, 5.41) is 10.4. The maximum atomic E-state index is 12.7. The smallest absolute Gasteiger partial charge is 0.251 e. The molecular formula is C24H27Cl2N3O3. The second-order valence-corrected chi connectivity index (χ2v) is 9.35. The second-order valence-electron chi connectivity index (χ2n) is 8.54. The zero-order valence-electron chi connectivity index (χ0n) is 17.8. The molecule has 1 saturated heterocycles. The van der Waals surface area contributed by atoms with E-state index in [9.17, 15) is 9.59 Å². The second kappa shape index (κ2) is 10.2. The van der Waals surface area contributed by atoms with Gasteiger partial charge in [0.05, 0.1) is 23.1 Å². The summed E-state index contributed by atoms with van der Waals surface area (Å²) < 4.78 is 6.13. The van der Waals surface area contributed by atoms with E-state index in [1.165, 1.54) is 0 Å². The van der Waals surface area contributed by atoms with Crippen LogP contribution < -0.4 is 16.0 Å². The van der Waals surface area contributed by atoms with Gasteiger partial charge in [0, 0.05) is 37.7 Å². The van der Waals surface area contributed by atoms with E-state index in [4.69, 9.17) is 27.9 Å². The lowest BCUT2D eigenvalue weighted by atomic mass is 9.92. The molecule has 1 aliphatic carbocycles. The number of carbonyl (C=O) groups excluding carboxylic acids is 2. The molecule has 2 aromatic carbocycles. The van der Waals surface area contributed by atoms with Gasteiger partial charge in [0.2, 0.25) is 5.91 Å². The molecule has 0 radical (unpaired) electrons. The van der Waals surface area contributed by atoms with E-state index in [1.54, 1.807) is 18.2 Å². The molecule has 0 aromatic heterocycles. The molecule has 8 heteroatoms. The zero-order valence-corrected chi connectivity index (χ0v) is 19.3. The molecule has 1 heterocycles. The Balaban J connectivity index is 1.37. The van der Waals surface area contributed by atoms with Gasteiger partial charge in [-0.3, -0.25) is 9.59 Å². The minimum absolute atomic E-state index is 0.0861. The van der Waals surface area contributed by atoms with Crippen molar-refractivity contribution in [2.45, 2.75) is 37.3 Å². The lowest BCUT2D eigenvalue weighted by Gasteiger charge is -2.38. The number of rotatable bonds is 8. The van der Waals surface area contributed by atoms with Gasteiger partial charge in [-0.1, -0.05) is 41.4 Å². The van der Waals surface area contributed by atoms with Crippen molar-refractivity contribution >= 4 is 35.0 Å². The van der Waals surface area contributed by atoms with Gasteiger partial charge in [-0.15, -0.1) is 0 Å². The SMILES string of the molecule is O=C(Cc1cccc(C(=O)NC2CC2)c1)NCC1(Cc2ccc(Cl)c(Cl)c2)CNCCO1. The lowest BCUT2D eigenvalue weighted by molar-refractivity contribution is -0.123. The highest BCUT2D eigenvalue weighted by atomic mass is 35.5. The van der Waals surface area contributed by atoms with Crippen LogP contribution in [0.3, 0.4) is 0 Å². The number of carbonyl (C=O) groups is 2. The molecule has 4 rings (SSSR count). The van der Waals surface area contributed by atoms with Gasteiger partial charge >= 0.3 is 0 Å². The molecule has 2 aliphatic rings. The molecule has 1 saturated carbocycles. The van der Waals surface area contributed by atoms with Crippen molar-refractivity contribution in [3.8, 4) is 0 Å². The Hall–Kier alpha value is -2.12. The number of benzene rings is 2. The maximum absolute atomic E-state index is 12.7. The molecule has 3 N–H and O–H groups in total. The number of halogens is 2. The number of amides is 2. The molecule has 0 spiro atoms. The van der Waals surface area contributed by atoms with Gasteiger partial charge in [-0.25, -0.2) is 0 Å². The highest BCUT2D eigenvalue weighted by molar-refractivity contribution is 6.42. The van der Waals surface area contributed by atoms with Crippen LogP contribution in [0.15, 0.2) is 42.5 Å². The molecule has 1 unspecified atom stereocenters. The van der Waals surface area contributed by atoms with Crippen LogP contribution in [-0.4, -0.2) is 49.7 Å². The number of hydrogen-bond acceptors (Lipinski definition) is 4. The fourth-order valence-electron chi connectivity index (χ4n) is 3.84. The van der Waals surface area contributed by atoms with Crippen molar-refractivity contribution in [1.29, 1.82) is 0 Å². The summed E-state index contributed by atoms with van der Waals surface area (Å²) in [6.07, 6.45) is 2.86. The van der Waals surface area contributed by atoms with Crippen molar-refractivity contribution in [1.82, 2.24) is 16.0 Å². The fourth-order valence-corrected chi connectivity index (χ4v) is 4.17. The third kappa shape index (κ3) is 6.23. The first-order valence-corrected chi connectivity index (χ1v) is 11.6. The Morgan fingerprint density at radius 1 is 1.09 bits per heavy atom. The van der Waals surface area contributed by atoms with E-state index in [-0.39, 0.29) is 18.2 Å². The van der Waals surface area contributed by atoms with Gasteiger partial charge in [-0.05, 0) is 48.2 Å². The fraction of sp³-hybridized carbons (Fsp3) is 0.417. The summed E-state index contributed by atoms with van der Waals surface area (Å²) >= 11 is 12.2.